The van der Waals surface area contributed by atoms with Crippen molar-refractivity contribution in [3.63, 3.8) is 0 Å². The molecule has 0 fully saturated rings. The predicted octanol–water partition coefficient (Wildman–Crippen LogP) is 2.47. The molecule has 29 heavy (non-hydrogen) atoms. The number of methoxy groups -OCH3 is 1. The number of nitrogens with one attached hydrogen (secondary N) is 1. The molecule has 0 radical (unpaired) electrons. The number of aromatic amines is 1. The van der Waals surface area contributed by atoms with Crippen molar-refractivity contribution in [1.29, 1.82) is 0 Å². The van der Waals surface area contributed by atoms with Crippen LogP contribution in [0.1, 0.15) is 16.1 Å². The lowest BCUT2D eigenvalue weighted by Crippen LogP contribution is -2.35. The highest BCUT2D eigenvalue weighted by molar-refractivity contribution is 7.90. The third-order valence-electron chi connectivity index (χ3n) is 4.89. The number of sulfone groups is 1. The molecule has 9 heteroatoms. The van der Waals surface area contributed by atoms with Gasteiger partial charge in [-0.3, -0.25) is 14.7 Å². The zero-order chi connectivity index (χ0) is 20.6. The van der Waals surface area contributed by atoms with Crippen LogP contribution in [0.25, 0.3) is 10.4 Å². The Balaban J connectivity index is 1.50. The van der Waals surface area contributed by atoms with Crippen LogP contribution in [0.15, 0.2) is 46.3 Å². The number of benzene rings is 1. The Hall–Kier alpha value is -2.49. The minimum Gasteiger partial charge on any atom is -0.497 e. The number of aromatic nitrogens is 2. The van der Waals surface area contributed by atoms with Gasteiger partial charge in [0, 0.05) is 42.1 Å². The first kappa shape index (κ1) is 19.8. The van der Waals surface area contributed by atoms with E-state index in [0.29, 0.717) is 24.2 Å². The summed E-state index contributed by atoms with van der Waals surface area (Å²) < 4.78 is 28.6. The number of fused-ring (bicyclic) bond motifs is 1. The average Bonchev–Trinajstić information content (AvgIpc) is 3.16. The van der Waals surface area contributed by atoms with Crippen molar-refractivity contribution in [2.75, 3.05) is 19.9 Å². The summed E-state index contributed by atoms with van der Waals surface area (Å²) >= 11 is 1.72. The molecule has 0 saturated heterocycles. The molecule has 1 aliphatic heterocycles. The number of rotatable bonds is 5. The molecule has 0 unspecified atom stereocenters. The zero-order valence-electron chi connectivity index (χ0n) is 16.1. The Morgan fingerprint density at radius 2 is 1.97 bits per heavy atom. The molecule has 0 atom stereocenters. The molecule has 0 saturated carbocycles. The third-order valence-corrected chi connectivity index (χ3v) is 6.91. The Morgan fingerprint density at radius 1 is 1.21 bits per heavy atom. The van der Waals surface area contributed by atoms with Crippen LogP contribution in [0.5, 0.6) is 5.75 Å². The number of hydrogen-bond donors (Lipinski definition) is 1. The second kappa shape index (κ2) is 7.74. The zero-order valence-corrected chi connectivity index (χ0v) is 17.8. The molecule has 0 bridgehead atoms. The summed E-state index contributed by atoms with van der Waals surface area (Å²) in [5.74, 6) is 0.829. The van der Waals surface area contributed by atoms with E-state index in [4.69, 9.17) is 4.74 Å². The molecule has 1 aromatic carbocycles. The summed E-state index contributed by atoms with van der Waals surface area (Å²) in [5.41, 5.74) is 1.90. The third kappa shape index (κ3) is 4.26. The molecule has 152 valence electrons. The standard InChI is InChI=1S/C20H21N3O4S2/c1-27-14-5-3-13(4-6-14)18-8-7-15(28-18)11-23-10-9-17-16(12-23)19(24)22-20(21-17)29(2,25)26/h3-8H,9-12H2,1-2H3,(H,21,22,24). The van der Waals surface area contributed by atoms with E-state index in [1.54, 1.807) is 18.4 Å². The molecule has 1 N–H and O–H groups in total. The van der Waals surface area contributed by atoms with Gasteiger partial charge in [-0.2, -0.15) is 0 Å². The van der Waals surface area contributed by atoms with Crippen molar-refractivity contribution in [3.8, 4) is 16.2 Å². The van der Waals surface area contributed by atoms with Crippen LogP contribution >= 0.6 is 11.3 Å². The van der Waals surface area contributed by atoms with Gasteiger partial charge in [0.1, 0.15) is 5.75 Å². The lowest BCUT2D eigenvalue weighted by molar-refractivity contribution is 0.243. The second-order valence-electron chi connectivity index (χ2n) is 7.02. The van der Waals surface area contributed by atoms with E-state index in [9.17, 15) is 13.2 Å². The largest absolute Gasteiger partial charge is 0.497 e. The summed E-state index contributed by atoms with van der Waals surface area (Å²) in [6, 6.07) is 12.2. The maximum absolute atomic E-state index is 12.4. The molecular weight excluding hydrogens is 410 g/mol. The van der Waals surface area contributed by atoms with Crippen molar-refractivity contribution in [2.24, 2.45) is 0 Å². The van der Waals surface area contributed by atoms with Gasteiger partial charge in [-0.05, 0) is 42.0 Å². The maximum Gasteiger partial charge on any atom is 0.256 e. The lowest BCUT2D eigenvalue weighted by atomic mass is 10.1. The molecular formula is C20H21N3O4S2. The first-order valence-corrected chi connectivity index (χ1v) is 11.8. The van der Waals surface area contributed by atoms with Gasteiger partial charge < -0.3 is 4.74 Å². The topological polar surface area (TPSA) is 92.4 Å². The van der Waals surface area contributed by atoms with Crippen molar-refractivity contribution in [3.05, 3.63) is 62.9 Å². The summed E-state index contributed by atoms with van der Waals surface area (Å²) in [5, 5.41) is -0.253. The maximum atomic E-state index is 12.4. The SMILES string of the molecule is COc1ccc(-c2ccc(CN3CCc4nc(S(C)(=O)=O)[nH]c(=O)c4C3)s2)cc1. The molecule has 2 aromatic heterocycles. The van der Waals surface area contributed by atoms with Crippen LogP contribution in [0, 0.1) is 0 Å². The summed E-state index contributed by atoms with van der Waals surface area (Å²) in [6.45, 7) is 1.91. The number of hydrogen-bond acceptors (Lipinski definition) is 7. The van der Waals surface area contributed by atoms with Gasteiger partial charge in [0.05, 0.1) is 18.4 Å². The van der Waals surface area contributed by atoms with E-state index >= 15 is 0 Å². The highest BCUT2D eigenvalue weighted by atomic mass is 32.2. The normalized spacial score (nSPS) is 14.6. The fraction of sp³-hybridized carbons (Fsp3) is 0.300. The number of thiophene rings is 1. The smallest absolute Gasteiger partial charge is 0.256 e. The number of H-pyrrole nitrogens is 1. The quantitative estimate of drug-likeness (QED) is 0.624. The van der Waals surface area contributed by atoms with Crippen LogP contribution in [0.2, 0.25) is 0 Å². The van der Waals surface area contributed by atoms with Gasteiger partial charge in [0.15, 0.2) is 0 Å². The molecule has 0 spiro atoms. The molecule has 0 aliphatic carbocycles. The Labute approximate surface area is 172 Å². The average molecular weight is 432 g/mol. The molecule has 1 aliphatic rings. The van der Waals surface area contributed by atoms with E-state index in [2.05, 4.69) is 27.0 Å². The highest BCUT2D eigenvalue weighted by Gasteiger charge is 2.23. The van der Waals surface area contributed by atoms with E-state index in [0.717, 1.165) is 30.7 Å². The van der Waals surface area contributed by atoms with Crippen molar-refractivity contribution < 1.29 is 13.2 Å². The van der Waals surface area contributed by atoms with Gasteiger partial charge in [-0.1, -0.05) is 0 Å². The van der Waals surface area contributed by atoms with E-state index < -0.39 is 9.84 Å². The summed E-state index contributed by atoms with van der Waals surface area (Å²) in [7, 11) is -1.89. The fourth-order valence-electron chi connectivity index (χ4n) is 3.36. The van der Waals surface area contributed by atoms with Crippen LogP contribution in [0.4, 0.5) is 0 Å². The second-order valence-corrected chi connectivity index (χ2v) is 10.1. The first-order chi connectivity index (χ1) is 13.8. The fourth-order valence-corrected chi connectivity index (χ4v) is 4.97. The van der Waals surface area contributed by atoms with Crippen LogP contribution in [0.3, 0.4) is 0 Å². The molecule has 4 rings (SSSR count). The number of ether oxygens (including phenoxy) is 1. The van der Waals surface area contributed by atoms with Crippen molar-refractivity contribution in [2.45, 2.75) is 24.7 Å². The summed E-state index contributed by atoms with van der Waals surface area (Å²) in [4.78, 5) is 23.5. The van der Waals surface area contributed by atoms with Crippen LogP contribution in [-0.4, -0.2) is 43.2 Å². The summed E-state index contributed by atoms with van der Waals surface area (Å²) in [6.07, 6.45) is 1.60. The highest BCUT2D eigenvalue weighted by Crippen LogP contribution is 2.30. The van der Waals surface area contributed by atoms with Gasteiger partial charge in [-0.15, -0.1) is 11.3 Å². The Bertz CT molecular complexity index is 1200. The minimum absolute atomic E-state index is 0.253. The van der Waals surface area contributed by atoms with E-state index in [-0.39, 0.29) is 10.7 Å². The van der Waals surface area contributed by atoms with Crippen LogP contribution < -0.4 is 10.3 Å². The number of nitrogens with zero attached hydrogens (tertiary/aromatic N) is 2. The van der Waals surface area contributed by atoms with Gasteiger partial charge >= 0.3 is 0 Å². The van der Waals surface area contributed by atoms with Gasteiger partial charge in [-0.25, -0.2) is 13.4 Å². The van der Waals surface area contributed by atoms with E-state index in [1.165, 1.54) is 9.75 Å². The monoisotopic (exact) mass is 431 g/mol. The predicted molar refractivity (Wildman–Crippen MR) is 112 cm³/mol. The van der Waals surface area contributed by atoms with Crippen molar-refractivity contribution >= 4 is 21.2 Å². The lowest BCUT2D eigenvalue weighted by Gasteiger charge is -2.27. The Morgan fingerprint density at radius 3 is 2.66 bits per heavy atom. The van der Waals surface area contributed by atoms with Crippen LogP contribution in [-0.2, 0) is 29.3 Å². The molecule has 0 amide bonds. The molecule has 7 nitrogen and oxygen atoms in total. The van der Waals surface area contributed by atoms with Gasteiger partial charge in [0.2, 0.25) is 15.0 Å². The molecule has 3 aromatic rings. The van der Waals surface area contributed by atoms with E-state index in [1.807, 2.05) is 24.3 Å². The minimum atomic E-state index is -3.54. The molecule has 3 heterocycles. The Kier molecular flexibility index (Phi) is 5.28. The first-order valence-electron chi connectivity index (χ1n) is 9.11. The van der Waals surface area contributed by atoms with Gasteiger partial charge in [0.25, 0.3) is 5.56 Å². The van der Waals surface area contributed by atoms with Crippen molar-refractivity contribution in [1.82, 2.24) is 14.9 Å².